The molecule has 3 heterocycles. The Bertz CT molecular complexity index is 1170. The number of aliphatic hydroxyl groups is 1. The first kappa shape index (κ1) is 30.9. The molecule has 2 aromatic rings. The Labute approximate surface area is 231 Å². The average Bonchev–Trinajstić information content (AvgIpc) is 3.32. The Morgan fingerprint density at radius 2 is 1.59 bits per heavy atom. The number of carbonyl (C=O) groups excluding carboxylic acids is 2. The van der Waals surface area contributed by atoms with E-state index in [9.17, 15) is 14.7 Å². The van der Waals surface area contributed by atoms with E-state index in [1.807, 2.05) is 0 Å². The van der Waals surface area contributed by atoms with Gasteiger partial charge in [0.25, 0.3) is 0 Å². The van der Waals surface area contributed by atoms with Gasteiger partial charge < -0.3 is 23.7 Å². The van der Waals surface area contributed by atoms with Crippen molar-refractivity contribution in [2.45, 2.75) is 117 Å². The molecule has 218 valence electrons. The van der Waals surface area contributed by atoms with Crippen LogP contribution >= 0.6 is 0 Å². The highest BCUT2D eigenvalue weighted by Gasteiger charge is 2.42. The van der Waals surface area contributed by atoms with E-state index >= 15 is 0 Å². The number of hydrogen-bond acceptors (Lipinski definition) is 10. The largest absolute Gasteiger partial charge is 0.443 e. The minimum Gasteiger partial charge on any atom is -0.443 e. The molecule has 1 N–H and O–H groups in total. The third kappa shape index (κ3) is 7.32. The van der Waals surface area contributed by atoms with Crippen LogP contribution in [0.4, 0.5) is 15.4 Å². The number of hydrogen-bond donors (Lipinski definition) is 1. The molecule has 0 radical (unpaired) electrons. The van der Waals surface area contributed by atoms with E-state index in [1.165, 1.54) is 12.7 Å². The van der Waals surface area contributed by atoms with Gasteiger partial charge in [0.05, 0.1) is 19.0 Å². The van der Waals surface area contributed by atoms with Crippen LogP contribution in [0, 0.1) is 0 Å². The monoisotopic (exact) mass is 565 g/mol. The second-order valence-electron chi connectivity index (χ2n) is 13.3. The van der Waals surface area contributed by atoms with E-state index in [0.29, 0.717) is 5.65 Å². The summed E-state index contributed by atoms with van der Waals surface area (Å²) in [4.78, 5) is 39.9. The van der Waals surface area contributed by atoms with Crippen molar-refractivity contribution in [2.24, 2.45) is 0 Å². The Balaban J connectivity index is 1.92. The van der Waals surface area contributed by atoms with Gasteiger partial charge in [-0.15, -0.1) is 0 Å². The van der Waals surface area contributed by atoms with Crippen LogP contribution in [0.3, 0.4) is 0 Å². The second kappa shape index (κ2) is 10.8. The van der Waals surface area contributed by atoms with Crippen LogP contribution in [0.15, 0.2) is 12.7 Å². The molecule has 1 saturated heterocycles. The molecule has 0 aromatic carbocycles. The molecule has 1 unspecified atom stereocenters. The Morgan fingerprint density at radius 3 is 2.10 bits per heavy atom. The Hall–Kier alpha value is -2.61. The Kier molecular flexibility index (Phi) is 8.52. The maximum absolute atomic E-state index is 13.1. The summed E-state index contributed by atoms with van der Waals surface area (Å²) in [5.74, 6) is -0.0846. The fourth-order valence-corrected chi connectivity index (χ4v) is 4.63. The van der Waals surface area contributed by atoms with Gasteiger partial charge >= 0.3 is 12.2 Å². The third-order valence-corrected chi connectivity index (χ3v) is 11.1. The van der Waals surface area contributed by atoms with Gasteiger partial charge in [-0.2, -0.15) is 4.90 Å². The SMILES string of the molecule is CC(C)(C)OC(=O)N(C(=O)OC(C)(C)C)c1ncnc2c1ncn2[C@H]1CC(O)[C@@H](CO[Si](C)(C)C(C)(C)C)O1. The second-order valence-corrected chi connectivity index (χ2v) is 18.1. The number of imidazole rings is 1. The van der Waals surface area contributed by atoms with Crippen LogP contribution in [0.25, 0.3) is 11.2 Å². The summed E-state index contributed by atoms with van der Waals surface area (Å²) in [6.07, 6.45) is -0.777. The molecule has 0 bridgehead atoms. The first-order valence-electron chi connectivity index (χ1n) is 13.1. The number of rotatable bonds is 5. The first-order chi connectivity index (χ1) is 17.7. The van der Waals surface area contributed by atoms with Crippen LogP contribution in [0.5, 0.6) is 0 Å². The van der Waals surface area contributed by atoms with E-state index in [0.717, 1.165) is 4.90 Å². The van der Waals surface area contributed by atoms with Gasteiger partial charge in [-0.05, 0) is 59.7 Å². The molecule has 1 aliphatic heterocycles. The third-order valence-electron chi connectivity index (χ3n) is 6.63. The van der Waals surface area contributed by atoms with Crippen LogP contribution < -0.4 is 4.90 Å². The lowest BCUT2D eigenvalue weighted by molar-refractivity contribution is -0.0405. The number of aliphatic hydroxyl groups excluding tert-OH is 1. The standard InChI is InChI=1S/C26H43N5O7Si/c1-24(2,3)37-22(33)31(23(34)38-25(4,5)6)21-19-20(27-14-28-21)30(15-29-19)18-12-16(32)17(36-18)13-35-39(10,11)26(7,8)9/h14-18,32H,12-13H2,1-11H3/t16?,17-,18-/m1/s1. The summed E-state index contributed by atoms with van der Waals surface area (Å²) < 4.78 is 25.1. The molecule has 3 rings (SSSR count). The van der Waals surface area contributed by atoms with E-state index in [4.69, 9.17) is 18.6 Å². The number of carbonyl (C=O) groups is 2. The fourth-order valence-electron chi connectivity index (χ4n) is 3.62. The summed E-state index contributed by atoms with van der Waals surface area (Å²) in [6, 6.07) is 0. The predicted molar refractivity (Wildman–Crippen MR) is 148 cm³/mol. The molecule has 0 spiro atoms. The van der Waals surface area contributed by atoms with Crippen molar-refractivity contribution in [2.75, 3.05) is 11.5 Å². The van der Waals surface area contributed by atoms with Crippen molar-refractivity contribution in [3.05, 3.63) is 12.7 Å². The van der Waals surface area contributed by atoms with Gasteiger partial charge in [0.15, 0.2) is 25.3 Å². The van der Waals surface area contributed by atoms with Crippen molar-refractivity contribution in [1.82, 2.24) is 19.5 Å². The lowest BCUT2D eigenvalue weighted by Gasteiger charge is -2.37. The average molecular weight is 566 g/mol. The molecule has 12 nitrogen and oxygen atoms in total. The summed E-state index contributed by atoms with van der Waals surface area (Å²) >= 11 is 0. The van der Waals surface area contributed by atoms with Crippen molar-refractivity contribution in [3.8, 4) is 0 Å². The van der Waals surface area contributed by atoms with Crippen LogP contribution in [-0.4, -0.2) is 75.1 Å². The maximum atomic E-state index is 13.1. The molecule has 1 aliphatic rings. The number of amides is 2. The van der Waals surface area contributed by atoms with Gasteiger partial charge in [-0.1, -0.05) is 20.8 Å². The molecule has 1 fully saturated rings. The number of ether oxygens (including phenoxy) is 3. The number of imide groups is 1. The number of aromatic nitrogens is 4. The summed E-state index contributed by atoms with van der Waals surface area (Å²) in [5, 5.41) is 10.8. The van der Waals surface area contributed by atoms with Crippen molar-refractivity contribution in [1.29, 1.82) is 0 Å². The molecule has 2 aromatic heterocycles. The highest BCUT2D eigenvalue weighted by atomic mass is 28.4. The lowest BCUT2D eigenvalue weighted by Crippen LogP contribution is -2.44. The van der Waals surface area contributed by atoms with Crippen LogP contribution in [0.2, 0.25) is 18.1 Å². The molecule has 39 heavy (non-hydrogen) atoms. The van der Waals surface area contributed by atoms with Crippen molar-refractivity contribution in [3.63, 3.8) is 0 Å². The molecular weight excluding hydrogens is 522 g/mol. The van der Waals surface area contributed by atoms with E-state index in [1.54, 1.807) is 46.1 Å². The van der Waals surface area contributed by atoms with Gasteiger partial charge in [0.2, 0.25) is 0 Å². The number of anilines is 1. The summed E-state index contributed by atoms with van der Waals surface area (Å²) in [6.45, 7) is 21.2. The number of fused-ring (bicyclic) bond motifs is 1. The minimum absolute atomic E-state index is 0.0258. The normalized spacial score (nSPS) is 20.8. The highest BCUT2D eigenvalue weighted by molar-refractivity contribution is 6.74. The van der Waals surface area contributed by atoms with E-state index < -0.39 is 50.1 Å². The molecule has 13 heteroatoms. The van der Waals surface area contributed by atoms with Crippen molar-refractivity contribution < 1.29 is 33.3 Å². The van der Waals surface area contributed by atoms with E-state index in [2.05, 4.69) is 48.8 Å². The summed E-state index contributed by atoms with van der Waals surface area (Å²) in [5.41, 5.74) is -1.26. The zero-order valence-electron chi connectivity index (χ0n) is 24.9. The molecule has 0 saturated carbocycles. The molecular formula is C26H43N5O7Si. The topological polar surface area (TPSA) is 138 Å². The van der Waals surface area contributed by atoms with Gasteiger partial charge in [-0.3, -0.25) is 4.57 Å². The minimum atomic E-state index is -2.03. The van der Waals surface area contributed by atoms with E-state index in [-0.39, 0.29) is 29.4 Å². The van der Waals surface area contributed by atoms with Crippen LogP contribution in [0.1, 0.15) is 75.0 Å². The maximum Gasteiger partial charge on any atom is 0.425 e. The fraction of sp³-hybridized carbons (Fsp3) is 0.731. The molecule has 0 aliphatic carbocycles. The molecule has 3 atom stereocenters. The highest BCUT2D eigenvalue weighted by Crippen LogP contribution is 2.38. The lowest BCUT2D eigenvalue weighted by atomic mass is 10.2. The van der Waals surface area contributed by atoms with Gasteiger partial charge in [-0.25, -0.2) is 24.5 Å². The zero-order valence-corrected chi connectivity index (χ0v) is 25.9. The van der Waals surface area contributed by atoms with Crippen LogP contribution in [-0.2, 0) is 18.6 Å². The quantitative estimate of drug-likeness (QED) is 0.483. The first-order valence-corrected chi connectivity index (χ1v) is 16.0. The van der Waals surface area contributed by atoms with Gasteiger partial charge in [0, 0.05) is 6.42 Å². The zero-order chi connectivity index (χ0) is 29.6. The molecule has 2 amide bonds. The van der Waals surface area contributed by atoms with Crippen molar-refractivity contribution >= 4 is 37.5 Å². The smallest absolute Gasteiger partial charge is 0.425 e. The number of nitrogens with zero attached hydrogens (tertiary/aromatic N) is 5. The predicted octanol–water partition coefficient (Wildman–Crippen LogP) is 5.17. The van der Waals surface area contributed by atoms with Gasteiger partial charge in [0.1, 0.15) is 29.9 Å². The summed E-state index contributed by atoms with van der Waals surface area (Å²) in [7, 11) is -2.03. The Morgan fingerprint density at radius 1 is 1.03 bits per heavy atom.